The molecule has 94 valence electrons. The molecule has 0 aromatic heterocycles. The van der Waals surface area contributed by atoms with Crippen LogP contribution in [0.1, 0.15) is 36.8 Å². The van der Waals surface area contributed by atoms with Crippen molar-refractivity contribution in [1.82, 2.24) is 0 Å². The summed E-state index contributed by atoms with van der Waals surface area (Å²) in [5.41, 5.74) is 6.04. The molecule has 0 aliphatic heterocycles. The van der Waals surface area contributed by atoms with Gasteiger partial charge in [0, 0.05) is 8.96 Å². The van der Waals surface area contributed by atoms with Gasteiger partial charge in [-0.15, -0.1) is 0 Å². The Morgan fingerprint density at radius 3 is 2.39 bits per heavy atom. The van der Waals surface area contributed by atoms with Gasteiger partial charge in [0.05, 0.1) is 0 Å². The highest BCUT2D eigenvalue weighted by atomic mass is 79.9. The van der Waals surface area contributed by atoms with E-state index in [1.54, 1.807) is 11.1 Å². The van der Waals surface area contributed by atoms with Crippen molar-refractivity contribution in [2.24, 2.45) is 0 Å². The quantitative estimate of drug-likeness (QED) is 0.551. The molecule has 0 fully saturated rings. The first-order chi connectivity index (χ1) is 8.72. The standard InChI is InChI=1S/C16H16Br2/c17-15-9-11-1-5-13(15)8-4-12-2-6-14(7-3-11)16(18)10-12/h1,5,9-10H,2-4,6-8H2. The van der Waals surface area contributed by atoms with Crippen LogP contribution in [0.25, 0.3) is 0 Å². The monoisotopic (exact) mass is 366 g/mol. The minimum Gasteiger partial charge on any atom is -0.0684 e. The fourth-order valence-corrected chi connectivity index (χ4v) is 4.11. The second-order valence-corrected chi connectivity index (χ2v) is 6.89. The van der Waals surface area contributed by atoms with E-state index in [2.05, 4.69) is 56.1 Å². The lowest BCUT2D eigenvalue weighted by Gasteiger charge is -2.19. The van der Waals surface area contributed by atoms with Gasteiger partial charge in [-0.3, -0.25) is 0 Å². The molecule has 2 heteroatoms. The lowest BCUT2D eigenvalue weighted by molar-refractivity contribution is 0.766. The molecule has 0 spiro atoms. The highest BCUT2D eigenvalue weighted by Crippen LogP contribution is 2.34. The van der Waals surface area contributed by atoms with E-state index in [0.29, 0.717) is 0 Å². The molecule has 4 bridgehead atoms. The second-order valence-electron chi connectivity index (χ2n) is 5.18. The summed E-state index contributed by atoms with van der Waals surface area (Å²) in [4.78, 5) is 0. The molecule has 0 N–H and O–H groups in total. The van der Waals surface area contributed by atoms with Crippen LogP contribution in [-0.4, -0.2) is 0 Å². The third kappa shape index (κ3) is 2.65. The van der Waals surface area contributed by atoms with Crippen molar-refractivity contribution in [1.29, 1.82) is 0 Å². The molecule has 0 amide bonds. The van der Waals surface area contributed by atoms with Gasteiger partial charge in [0.2, 0.25) is 0 Å². The molecular formula is C16H16Br2. The highest BCUT2D eigenvalue weighted by Gasteiger charge is 2.14. The Bertz CT molecular complexity index is 538. The van der Waals surface area contributed by atoms with E-state index in [9.17, 15) is 0 Å². The maximum atomic E-state index is 3.74. The molecule has 0 heterocycles. The van der Waals surface area contributed by atoms with Crippen molar-refractivity contribution >= 4 is 31.9 Å². The molecule has 1 aromatic rings. The molecule has 0 saturated heterocycles. The minimum absolute atomic E-state index is 1.14. The zero-order valence-electron chi connectivity index (χ0n) is 10.3. The summed E-state index contributed by atoms with van der Waals surface area (Å²) in [5, 5.41) is 0. The van der Waals surface area contributed by atoms with Crippen LogP contribution < -0.4 is 0 Å². The molecule has 0 saturated carbocycles. The molecule has 5 aliphatic carbocycles. The second kappa shape index (κ2) is 5.34. The Morgan fingerprint density at radius 1 is 0.833 bits per heavy atom. The summed E-state index contributed by atoms with van der Waals surface area (Å²) >= 11 is 7.46. The summed E-state index contributed by atoms with van der Waals surface area (Å²) in [6.45, 7) is 0. The number of aryl methyl sites for hydroxylation is 2. The van der Waals surface area contributed by atoms with Crippen molar-refractivity contribution in [3.05, 3.63) is 55.5 Å². The number of hydrogen-bond acceptors (Lipinski definition) is 0. The third-order valence-corrected chi connectivity index (χ3v) is 5.49. The first-order valence-corrected chi connectivity index (χ1v) is 8.15. The van der Waals surface area contributed by atoms with Gasteiger partial charge in [0.25, 0.3) is 0 Å². The lowest BCUT2D eigenvalue weighted by atomic mass is 9.89. The van der Waals surface area contributed by atoms with Crippen LogP contribution in [0.2, 0.25) is 0 Å². The summed E-state index contributed by atoms with van der Waals surface area (Å²) < 4.78 is 2.63. The van der Waals surface area contributed by atoms with Gasteiger partial charge in [-0.1, -0.05) is 55.1 Å². The number of hydrogen-bond donors (Lipinski definition) is 0. The summed E-state index contributed by atoms with van der Waals surface area (Å²) in [6.07, 6.45) is 9.49. The van der Waals surface area contributed by atoms with Crippen molar-refractivity contribution in [2.45, 2.75) is 38.5 Å². The maximum absolute atomic E-state index is 3.74. The van der Waals surface area contributed by atoms with Crippen molar-refractivity contribution in [3.63, 3.8) is 0 Å². The van der Waals surface area contributed by atoms with Crippen molar-refractivity contribution < 1.29 is 0 Å². The maximum Gasteiger partial charge on any atom is 0.0210 e. The Hall–Kier alpha value is -0.340. The number of rotatable bonds is 0. The van der Waals surface area contributed by atoms with E-state index in [1.807, 2.05) is 0 Å². The zero-order chi connectivity index (χ0) is 12.5. The van der Waals surface area contributed by atoms with Crippen LogP contribution in [0.4, 0.5) is 0 Å². The minimum atomic E-state index is 1.14. The summed E-state index contributed by atoms with van der Waals surface area (Å²) in [5.74, 6) is 0. The average molecular weight is 368 g/mol. The smallest absolute Gasteiger partial charge is 0.0210 e. The topological polar surface area (TPSA) is 0 Å². The number of benzene rings is 1. The predicted octanol–water partition coefficient (Wildman–Crippen LogP) is 5.70. The largest absolute Gasteiger partial charge is 0.0684 e. The predicted molar refractivity (Wildman–Crippen MR) is 84.1 cm³/mol. The van der Waals surface area contributed by atoms with Crippen LogP contribution in [0.15, 0.2) is 44.4 Å². The summed E-state index contributed by atoms with van der Waals surface area (Å²) in [7, 11) is 0. The fourth-order valence-electron chi connectivity index (χ4n) is 2.77. The van der Waals surface area contributed by atoms with Gasteiger partial charge in [-0.05, 0) is 61.8 Å². The van der Waals surface area contributed by atoms with Gasteiger partial charge in [-0.25, -0.2) is 0 Å². The van der Waals surface area contributed by atoms with Crippen LogP contribution in [0.3, 0.4) is 0 Å². The Labute approximate surface area is 125 Å². The number of halogens is 2. The molecule has 0 radical (unpaired) electrons. The van der Waals surface area contributed by atoms with E-state index in [4.69, 9.17) is 0 Å². The van der Waals surface area contributed by atoms with Gasteiger partial charge >= 0.3 is 0 Å². The van der Waals surface area contributed by atoms with Gasteiger partial charge in [0.15, 0.2) is 0 Å². The Kier molecular flexibility index (Phi) is 3.76. The van der Waals surface area contributed by atoms with Crippen LogP contribution in [0.5, 0.6) is 0 Å². The van der Waals surface area contributed by atoms with E-state index in [0.717, 1.165) is 12.8 Å². The first kappa shape index (κ1) is 12.7. The molecule has 1 aromatic carbocycles. The van der Waals surface area contributed by atoms with Gasteiger partial charge in [-0.2, -0.15) is 0 Å². The molecule has 18 heavy (non-hydrogen) atoms. The van der Waals surface area contributed by atoms with Crippen LogP contribution in [0, 0.1) is 0 Å². The van der Waals surface area contributed by atoms with Gasteiger partial charge in [0.1, 0.15) is 0 Å². The molecule has 0 atom stereocenters. The highest BCUT2D eigenvalue weighted by molar-refractivity contribution is 9.12. The van der Waals surface area contributed by atoms with Crippen LogP contribution >= 0.6 is 31.9 Å². The van der Waals surface area contributed by atoms with E-state index in [-0.39, 0.29) is 0 Å². The number of allylic oxidation sites excluding steroid dienone is 4. The normalized spacial score (nSPS) is 19.6. The van der Waals surface area contributed by atoms with Gasteiger partial charge < -0.3 is 0 Å². The van der Waals surface area contributed by atoms with Crippen molar-refractivity contribution in [3.8, 4) is 0 Å². The molecule has 0 nitrogen and oxygen atoms in total. The average Bonchev–Trinajstić information content (AvgIpc) is 2.34. The zero-order valence-corrected chi connectivity index (χ0v) is 13.5. The third-order valence-electron chi connectivity index (χ3n) is 3.96. The molecular weight excluding hydrogens is 352 g/mol. The van der Waals surface area contributed by atoms with E-state index >= 15 is 0 Å². The molecule has 5 aliphatic rings. The molecule has 6 rings (SSSR count). The van der Waals surface area contributed by atoms with Crippen LogP contribution in [-0.2, 0) is 12.8 Å². The Balaban J connectivity index is 1.98. The molecule has 0 unspecified atom stereocenters. The summed E-state index contributed by atoms with van der Waals surface area (Å²) in [6, 6.07) is 6.88. The van der Waals surface area contributed by atoms with Crippen molar-refractivity contribution in [2.75, 3.05) is 0 Å². The van der Waals surface area contributed by atoms with E-state index < -0.39 is 0 Å². The SMILES string of the molecule is BrC1=C2CCC(=C1)CCc1ccc(cc1Br)CC2. The lowest BCUT2D eigenvalue weighted by Crippen LogP contribution is -2.02. The Morgan fingerprint density at radius 2 is 1.61 bits per heavy atom. The first-order valence-electron chi connectivity index (χ1n) is 6.56. The fraction of sp³-hybridized carbons (Fsp3) is 0.375. The van der Waals surface area contributed by atoms with E-state index in [1.165, 1.54) is 45.8 Å².